The van der Waals surface area contributed by atoms with Gasteiger partial charge < -0.3 is 9.88 Å². The van der Waals surface area contributed by atoms with Crippen molar-refractivity contribution in [3.05, 3.63) is 69.5 Å². The minimum absolute atomic E-state index is 0.0593. The van der Waals surface area contributed by atoms with Crippen LogP contribution in [0.25, 0.3) is 21.0 Å². The van der Waals surface area contributed by atoms with Gasteiger partial charge in [-0.2, -0.15) is 4.37 Å². The summed E-state index contributed by atoms with van der Waals surface area (Å²) in [6.07, 6.45) is 1.71. The molecular formula is C25H28N4OS. The van der Waals surface area contributed by atoms with Crippen LogP contribution in [-0.2, 0) is 12.8 Å². The van der Waals surface area contributed by atoms with Crippen LogP contribution in [0.1, 0.15) is 23.6 Å². The molecule has 0 aliphatic carbocycles. The van der Waals surface area contributed by atoms with E-state index >= 15 is 0 Å². The zero-order valence-electron chi connectivity index (χ0n) is 18.1. The van der Waals surface area contributed by atoms with Gasteiger partial charge in [0.1, 0.15) is 5.82 Å². The average molecular weight is 433 g/mol. The molecule has 0 amide bonds. The minimum Gasteiger partial charge on any atom is -0.353 e. The number of nitrogens with one attached hydrogen (secondary N) is 1. The van der Waals surface area contributed by atoms with Crippen LogP contribution in [0, 0.1) is 6.92 Å². The fourth-order valence-corrected chi connectivity index (χ4v) is 5.57. The second-order valence-corrected chi connectivity index (χ2v) is 9.14. The second-order valence-electron chi connectivity index (χ2n) is 8.33. The van der Waals surface area contributed by atoms with Crippen molar-refractivity contribution in [2.24, 2.45) is 0 Å². The number of hydrogen-bond donors (Lipinski definition) is 1. The van der Waals surface area contributed by atoms with E-state index in [-0.39, 0.29) is 5.56 Å². The summed E-state index contributed by atoms with van der Waals surface area (Å²) in [5, 5.41) is 2.44. The third-order valence-corrected chi connectivity index (χ3v) is 7.42. The van der Waals surface area contributed by atoms with E-state index in [9.17, 15) is 4.79 Å². The first-order valence-corrected chi connectivity index (χ1v) is 11.9. The lowest BCUT2D eigenvalue weighted by Gasteiger charge is -2.35. The standard InChI is InChI=1S/C25H28N4OS/c1-3-19-17(2)20-9-6-7-18(23(20)26-25(19)30)11-12-28-13-15-29(16-14-28)24-21-8-4-5-10-22(21)31-27-24/h4-10H,3,11-16H2,1-2H3,(H,26,30). The maximum atomic E-state index is 12.5. The minimum atomic E-state index is 0.0593. The van der Waals surface area contributed by atoms with Gasteiger partial charge in [-0.25, -0.2) is 0 Å². The Bertz CT molecular complexity index is 1280. The molecule has 0 unspecified atom stereocenters. The van der Waals surface area contributed by atoms with Crippen molar-refractivity contribution in [3.63, 3.8) is 0 Å². The van der Waals surface area contributed by atoms with Crippen LogP contribution in [-0.4, -0.2) is 47.0 Å². The van der Waals surface area contributed by atoms with E-state index < -0.39 is 0 Å². The van der Waals surface area contributed by atoms with Gasteiger partial charge in [-0.15, -0.1) is 0 Å². The van der Waals surface area contributed by atoms with E-state index in [1.807, 2.05) is 6.92 Å². The summed E-state index contributed by atoms with van der Waals surface area (Å²) in [5.74, 6) is 1.13. The monoisotopic (exact) mass is 432 g/mol. The molecule has 5 nitrogen and oxygen atoms in total. The summed E-state index contributed by atoms with van der Waals surface area (Å²) >= 11 is 1.59. The second kappa shape index (κ2) is 8.44. The Balaban J connectivity index is 1.28. The first-order valence-electron chi connectivity index (χ1n) is 11.1. The number of hydrogen-bond acceptors (Lipinski definition) is 5. The Hall–Kier alpha value is -2.70. The Morgan fingerprint density at radius 2 is 1.81 bits per heavy atom. The topological polar surface area (TPSA) is 52.2 Å². The van der Waals surface area contributed by atoms with Gasteiger partial charge in [0.2, 0.25) is 0 Å². The molecule has 1 fully saturated rings. The lowest BCUT2D eigenvalue weighted by Crippen LogP contribution is -2.47. The van der Waals surface area contributed by atoms with Gasteiger partial charge in [0.15, 0.2) is 0 Å². The van der Waals surface area contributed by atoms with Crippen LogP contribution in [0.2, 0.25) is 0 Å². The predicted octanol–water partition coefficient (Wildman–Crippen LogP) is 4.37. The van der Waals surface area contributed by atoms with E-state index in [0.717, 1.165) is 68.0 Å². The number of nitrogens with zero attached hydrogens (tertiary/aromatic N) is 3. The van der Waals surface area contributed by atoms with E-state index in [4.69, 9.17) is 4.37 Å². The molecule has 1 aliphatic heterocycles. The number of anilines is 1. The highest BCUT2D eigenvalue weighted by Gasteiger charge is 2.21. The van der Waals surface area contributed by atoms with Crippen molar-refractivity contribution in [2.75, 3.05) is 37.6 Å². The summed E-state index contributed by atoms with van der Waals surface area (Å²) in [6, 6.07) is 14.9. The van der Waals surface area contributed by atoms with Gasteiger partial charge >= 0.3 is 0 Å². The van der Waals surface area contributed by atoms with Gasteiger partial charge in [-0.05, 0) is 54.6 Å². The highest BCUT2D eigenvalue weighted by atomic mass is 32.1. The average Bonchev–Trinajstić information content (AvgIpc) is 3.23. The first kappa shape index (κ1) is 20.2. The molecule has 0 bridgehead atoms. The summed E-state index contributed by atoms with van der Waals surface area (Å²) in [4.78, 5) is 20.6. The van der Waals surface area contributed by atoms with Crippen molar-refractivity contribution in [1.82, 2.24) is 14.3 Å². The maximum Gasteiger partial charge on any atom is 0.251 e. The molecule has 6 heteroatoms. The van der Waals surface area contributed by atoms with Gasteiger partial charge in [-0.3, -0.25) is 9.69 Å². The molecule has 0 radical (unpaired) electrons. The molecular weight excluding hydrogens is 404 g/mol. The van der Waals surface area contributed by atoms with E-state index in [1.165, 1.54) is 21.0 Å². The Morgan fingerprint density at radius 1 is 1.03 bits per heavy atom. The molecule has 2 aromatic carbocycles. The molecule has 0 saturated carbocycles. The lowest BCUT2D eigenvalue weighted by molar-refractivity contribution is 0.261. The van der Waals surface area contributed by atoms with Crippen molar-refractivity contribution >= 4 is 38.3 Å². The maximum absolute atomic E-state index is 12.5. The number of aromatic amines is 1. The lowest BCUT2D eigenvalue weighted by atomic mass is 9.99. The van der Waals surface area contributed by atoms with Gasteiger partial charge in [0.05, 0.1) is 10.2 Å². The van der Waals surface area contributed by atoms with Crippen LogP contribution in [0.3, 0.4) is 0 Å². The van der Waals surface area contributed by atoms with Gasteiger partial charge in [0.25, 0.3) is 5.56 Å². The Labute approximate surface area is 186 Å². The van der Waals surface area contributed by atoms with Crippen molar-refractivity contribution < 1.29 is 0 Å². The highest BCUT2D eigenvalue weighted by molar-refractivity contribution is 7.13. The molecule has 3 heterocycles. The van der Waals surface area contributed by atoms with Crippen LogP contribution in [0.15, 0.2) is 47.3 Å². The van der Waals surface area contributed by atoms with Gasteiger partial charge in [-0.1, -0.05) is 37.3 Å². The van der Waals surface area contributed by atoms with Crippen molar-refractivity contribution in [2.45, 2.75) is 26.7 Å². The predicted molar refractivity (Wildman–Crippen MR) is 131 cm³/mol. The number of aromatic nitrogens is 2. The molecule has 1 N–H and O–H groups in total. The smallest absolute Gasteiger partial charge is 0.251 e. The molecule has 2 aromatic heterocycles. The molecule has 0 spiro atoms. The van der Waals surface area contributed by atoms with Crippen LogP contribution >= 0.6 is 11.5 Å². The fourth-order valence-electron chi connectivity index (χ4n) is 4.78. The number of rotatable bonds is 5. The summed E-state index contributed by atoms with van der Waals surface area (Å²) in [5.41, 5.74) is 4.31. The van der Waals surface area contributed by atoms with Gasteiger partial charge in [0, 0.05) is 49.1 Å². The largest absolute Gasteiger partial charge is 0.353 e. The number of pyridine rings is 1. The number of para-hydroxylation sites is 1. The van der Waals surface area contributed by atoms with Crippen LogP contribution < -0.4 is 10.5 Å². The first-order chi connectivity index (χ1) is 15.2. The summed E-state index contributed by atoms with van der Waals surface area (Å²) in [6.45, 7) is 9.18. The van der Waals surface area contributed by atoms with E-state index in [1.54, 1.807) is 11.5 Å². The summed E-state index contributed by atoms with van der Waals surface area (Å²) in [7, 11) is 0. The molecule has 1 saturated heterocycles. The molecule has 5 rings (SSSR count). The fraction of sp³-hybridized carbons (Fsp3) is 0.360. The molecule has 160 valence electrons. The van der Waals surface area contributed by atoms with Crippen LogP contribution in [0.4, 0.5) is 5.82 Å². The SMILES string of the molecule is CCc1c(C)c2cccc(CCN3CCN(c4nsc5ccccc45)CC3)c2[nH]c1=O. The van der Waals surface area contributed by atoms with Crippen LogP contribution in [0.5, 0.6) is 0 Å². The number of benzene rings is 2. The molecule has 0 atom stereocenters. The van der Waals surface area contributed by atoms with Crippen molar-refractivity contribution in [3.8, 4) is 0 Å². The summed E-state index contributed by atoms with van der Waals surface area (Å²) < 4.78 is 5.97. The zero-order chi connectivity index (χ0) is 21.4. The normalized spacial score (nSPS) is 15.2. The molecule has 1 aliphatic rings. The number of fused-ring (bicyclic) bond motifs is 2. The third-order valence-electron chi connectivity index (χ3n) is 6.60. The number of aryl methyl sites for hydroxylation is 1. The Morgan fingerprint density at radius 3 is 2.61 bits per heavy atom. The number of piperazine rings is 1. The van der Waals surface area contributed by atoms with E-state index in [0.29, 0.717) is 0 Å². The Kier molecular flexibility index (Phi) is 5.50. The molecule has 4 aromatic rings. The number of H-pyrrole nitrogens is 1. The zero-order valence-corrected chi connectivity index (χ0v) is 19.0. The quantitative estimate of drug-likeness (QED) is 0.509. The molecule has 31 heavy (non-hydrogen) atoms. The third kappa shape index (κ3) is 3.75. The van der Waals surface area contributed by atoms with E-state index in [2.05, 4.69) is 64.2 Å². The van der Waals surface area contributed by atoms with Crippen molar-refractivity contribution in [1.29, 1.82) is 0 Å². The highest BCUT2D eigenvalue weighted by Crippen LogP contribution is 2.30.